The lowest BCUT2D eigenvalue weighted by Crippen LogP contribution is -2.49. The quantitative estimate of drug-likeness (QED) is 0.720. The number of carbonyl (C=O) groups excluding carboxylic acids is 2. The van der Waals surface area contributed by atoms with Gasteiger partial charge in [0.25, 0.3) is 0 Å². The Hall–Kier alpha value is -3.26. The van der Waals surface area contributed by atoms with Gasteiger partial charge in [0.2, 0.25) is 11.8 Å². The van der Waals surface area contributed by atoms with Crippen molar-refractivity contribution < 1.29 is 14.0 Å². The highest BCUT2D eigenvalue weighted by Gasteiger charge is 2.23. The first kappa shape index (κ1) is 22.0. The molecule has 1 N–H and O–H groups in total. The molecule has 0 aliphatic carbocycles. The first-order valence-electron chi connectivity index (χ1n) is 11.0. The van der Waals surface area contributed by atoms with Crippen LogP contribution < -0.4 is 10.2 Å². The largest absolute Gasteiger partial charge is 0.367 e. The number of benzene rings is 2. The smallest absolute Gasteiger partial charge is 0.243 e. The second kappa shape index (κ2) is 10.4. The second-order valence-electron chi connectivity index (χ2n) is 7.99. The molecule has 0 saturated carbocycles. The summed E-state index contributed by atoms with van der Waals surface area (Å²) in [5.41, 5.74) is 2.44. The van der Waals surface area contributed by atoms with Crippen LogP contribution in [-0.4, -0.2) is 73.2 Å². The van der Waals surface area contributed by atoms with Crippen LogP contribution in [-0.2, 0) is 9.59 Å². The van der Waals surface area contributed by atoms with Crippen LogP contribution >= 0.6 is 0 Å². The predicted molar refractivity (Wildman–Crippen MR) is 122 cm³/mol. The fourth-order valence-corrected chi connectivity index (χ4v) is 4.03. The molecule has 4 rings (SSSR count). The molecule has 8 heteroatoms. The molecule has 0 unspecified atom stereocenters. The van der Waals surface area contributed by atoms with E-state index in [0.717, 1.165) is 37.5 Å². The topological polar surface area (TPSA) is 68.2 Å². The van der Waals surface area contributed by atoms with Gasteiger partial charge in [-0.05, 0) is 17.7 Å². The number of hydrazone groups is 1. The van der Waals surface area contributed by atoms with Gasteiger partial charge in [-0.15, -0.1) is 0 Å². The van der Waals surface area contributed by atoms with Gasteiger partial charge in [0.05, 0.1) is 11.4 Å². The average Bonchev–Trinajstić information content (AvgIpc) is 2.82. The molecule has 168 valence electrons. The van der Waals surface area contributed by atoms with Crippen LogP contribution in [0.5, 0.6) is 0 Å². The summed E-state index contributed by atoms with van der Waals surface area (Å²) in [4.78, 5) is 28.9. The van der Waals surface area contributed by atoms with Crippen LogP contribution in [0.1, 0.15) is 18.4 Å². The monoisotopic (exact) mass is 437 g/mol. The minimum atomic E-state index is -0.221. The standard InChI is InChI=1S/C24H28FN5O2/c25-20-8-4-5-9-22(20)29-16-14-28(15-17-29)13-12-26-23(31)18-30-24(32)11-10-21(27-30)19-6-2-1-3-7-19/h1-9H,10-18H2,(H,26,31). The Balaban J connectivity index is 1.21. The maximum atomic E-state index is 14.0. The molecule has 2 amide bonds. The first-order chi connectivity index (χ1) is 15.6. The van der Waals surface area contributed by atoms with Gasteiger partial charge in [-0.1, -0.05) is 42.5 Å². The van der Waals surface area contributed by atoms with Gasteiger partial charge in [-0.25, -0.2) is 9.40 Å². The molecule has 0 bridgehead atoms. The van der Waals surface area contributed by atoms with Crippen LogP contribution in [0.25, 0.3) is 0 Å². The Morgan fingerprint density at radius 3 is 2.44 bits per heavy atom. The number of amides is 2. The van der Waals surface area contributed by atoms with Crippen molar-refractivity contribution in [3.05, 3.63) is 66.0 Å². The molecule has 1 fully saturated rings. The molecule has 0 radical (unpaired) electrons. The third kappa shape index (κ3) is 5.50. The molecule has 2 aliphatic heterocycles. The predicted octanol–water partition coefficient (Wildman–Crippen LogP) is 2.09. The molecule has 2 aromatic carbocycles. The van der Waals surface area contributed by atoms with Gasteiger partial charge >= 0.3 is 0 Å². The third-order valence-electron chi connectivity index (χ3n) is 5.82. The van der Waals surface area contributed by atoms with Crippen molar-refractivity contribution in [1.82, 2.24) is 15.2 Å². The fraction of sp³-hybridized carbons (Fsp3) is 0.375. The van der Waals surface area contributed by atoms with Crippen molar-refractivity contribution in [1.29, 1.82) is 0 Å². The zero-order chi connectivity index (χ0) is 22.3. The number of carbonyl (C=O) groups is 2. The van der Waals surface area contributed by atoms with Crippen molar-refractivity contribution in [2.24, 2.45) is 5.10 Å². The molecule has 2 heterocycles. The van der Waals surface area contributed by atoms with Crippen molar-refractivity contribution in [2.75, 3.05) is 50.7 Å². The average molecular weight is 438 g/mol. The summed E-state index contributed by atoms with van der Waals surface area (Å²) in [6.07, 6.45) is 0.938. The van der Waals surface area contributed by atoms with Gasteiger partial charge in [0.15, 0.2) is 0 Å². The van der Waals surface area contributed by atoms with E-state index in [1.165, 1.54) is 11.1 Å². The number of anilines is 1. The number of halogens is 1. The van der Waals surface area contributed by atoms with Crippen molar-refractivity contribution >= 4 is 23.2 Å². The fourth-order valence-electron chi connectivity index (χ4n) is 4.03. The second-order valence-corrected chi connectivity index (χ2v) is 7.99. The Morgan fingerprint density at radius 2 is 1.69 bits per heavy atom. The number of rotatable bonds is 7. The van der Waals surface area contributed by atoms with E-state index in [-0.39, 0.29) is 24.2 Å². The molecule has 7 nitrogen and oxygen atoms in total. The Kier molecular flexibility index (Phi) is 7.11. The number of para-hydroxylation sites is 1. The van der Waals surface area contributed by atoms with Crippen LogP contribution in [0.15, 0.2) is 59.7 Å². The van der Waals surface area contributed by atoms with E-state index in [1.54, 1.807) is 12.1 Å². The third-order valence-corrected chi connectivity index (χ3v) is 5.82. The van der Waals surface area contributed by atoms with Gasteiger partial charge in [0.1, 0.15) is 12.4 Å². The van der Waals surface area contributed by atoms with Crippen molar-refractivity contribution in [2.45, 2.75) is 12.8 Å². The summed E-state index contributed by atoms with van der Waals surface area (Å²) in [6.45, 7) is 4.23. The van der Waals surface area contributed by atoms with Crippen LogP contribution in [0.4, 0.5) is 10.1 Å². The zero-order valence-corrected chi connectivity index (χ0v) is 18.0. The number of nitrogens with zero attached hydrogens (tertiary/aromatic N) is 4. The molecular weight excluding hydrogens is 409 g/mol. The van der Waals surface area contributed by atoms with E-state index in [4.69, 9.17) is 0 Å². The zero-order valence-electron chi connectivity index (χ0n) is 18.0. The van der Waals surface area contributed by atoms with E-state index < -0.39 is 0 Å². The summed E-state index contributed by atoms with van der Waals surface area (Å²) < 4.78 is 14.0. The molecule has 32 heavy (non-hydrogen) atoms. The molecule has 1 saturated heterocycles. The number of hydrogen-bond donors (Lipinski definition) is 1. The van der Waals surface area contributed by atoms with Gasteiger partial charge < -0.3 is 10.2 Å². The normalized spacial score (nSPS) is 17.3. The lowest BCUT2D eigenvalue weighted by molar-refractivity contribution is -0.136. The molecular formula is C24H28FN5O2. The number of hydrogen-bond acceptors (Lipinski definition) is 5. The van der Waals surface area contributed by atoms with Crippen LogP contribution in [0, 0.1) is 5.82 Å². The molecule has 2 aromatic rings. The van der Waals surface area contributed by atoms with Crippen LogP contribution in [0.3, 0.4) is 0 Å². The summed E-state index contributed by atoms with van der Waals surface area (Å²) in [5, 5.41) is 8.57. The highest BCUT2D eigenvalue weighted by Crippen LogP contribution is 2.20. The van der Waals surface area contributed by atoms with Crippen molar-refractivity contribution in [3.63, 3.8) is 0 Å². The lowest BCUT2D eigenvalue weighted by atomic mass is 10.0. The summed E-state index contributed by atoms with van der Waals surface area (Å²) in [6, 6.07) is 16.5. The van der Waals surface area contributed by atoms with E-state index in [9.17, 15) is 14.0 Å². The number of piperazine rings is 1. The number of nitrogens with one attached hydrogen (secondary N) is 1. The van der Waals surface area contributed by atoms with E-state index in [1.807, 2.05) is 36.4 Å². The minimum Gasteiger partial charge on any atom is -0.367 e. The maximum Gasteiger partial charge on any atom is 0.243 e. The Bertz CT molecular complexity index is 973. The van der Waals surface area contributed by atoms with E-state index in [2.05, 4.69) is 20.2 Å². The molecule has 0 aromatic heterocycles. The van der Waals surface area contributed by atoms with Gasteiger partial charge in [0, 0.05) is 52.1 Å². The van der Waals surface area contributed by atoms with E-state index in [0.29, 0.717) is 31.6 Å². The molecule has 0 spiro atoms. The minimum absolute atomic E-state index is 0.0732. The highest BCUT2D eigenvalue weighted by molar-refractivity contribution is 6.04. The van der Waals surface area contributed by atoms with Gasteiger partial charge in [-0.2, -0.15) is 5.10 Å². The Labute approximate surface area is 187 Å². The van der Waals surface area contributed by atoms with Crippen molar-refractivity contribution in [3.8, 4) is 0 Å². The van der Waals surface area contributed by atoms with E-state index >= 15 is 0 Å². The highest BCUT2D eigenvalue weighted by atomic mass is 19.1. The molecule has 0 atom stereocenters. The SMILES string of the molecule is O=C(CN1N=C(c2ccccc2)CCC1=O)NCCN1CCN(c2ccccc2F)CC1. The van der Waals surface area contributed by atoms with Gasteiger partial charge in [-0.3, -0.25) is 14.5 Å². The maximum absolute atomic E-state index is 14.0. The Morgan fingerprint density at radius 1 is 0.969 bits per heavy atom. The first-order valence-corrected chi connectivity index (χ1v) is 11.0. The van der Waals surface area contributed by atoms with Crippen LogP contribution in [0.2, 0.25) is 0 Å². The lowest BCUT2D eigenvalue weighted by Gasteiger charge is -2.36. The summed E-state index contributed by atoms with van der Waals surface area (Å²) in [5.74, 6) is -0.552. The summed E-state index contributed by atoms with van der Waals surface area (Å²) in [7, 11) is 0. The summed E-state index contributed by atoms with van der Waals surface area (Å²) >= 11 is 0. The molecule has 2 aliphatic rings.